The van der Waals surface area contributed by atoms with E-state index in [9.17, 15) is 25.5 Å². The van der Waals surface area contributed by atoms with E-state index in [2.05, 4.69) is 20.9 Å². The number of para-hydroxylation sites is 1. The second-order valence-electron chi connectivity index (χ2n) is 5.92. The molecule has 0 spiro atoms. The Labute approximate surface area is 150 Å². The predicted molar refractivity (Wildman–Crippen MR) is 89.6 cm³/mol. The lowest BCUT2D eigenvalue weighted by Gasteiger charge is -2.54. The van der Waals surface area contributed by atoms with Crippen LogP contribution >= 0.6 is 27.5 Å². The molecule has 1 saturated heterocycles. The third-order valence-corrected chi connectivity index (χ3v) is 6.35. The number of ether oxygens (including phenoxy) is 1. The van der Waals surface area contributed by atoms with Gasteiger partial charge in [0.25, 0.3) is 0 Å². The highest BCUT2D eigenvalue weighted by Crippen LogP contribution is 2.51. The quantitative estimate of drug-likeness (QED) is 0.391. The molecule has 132 valence electrons. The minimum absolute atomic E-state index is 0.300. The molecule has 1 aliphatic heterocycles. The number of fused-ring (bicyclic) bond motifs is 1. The number of halogens is 2. The summed E-state index contributed by atoms with van der Waals surface area (Å²) in [6.07, 6.45) is -2.47. The summed E-state index contributed by atoms with van der Waals surface area (Å²) in [5.41, 5.74) is -1.06. The first-order chi connectivity index (χ1) is 11.2. The number of aromatic amines is 1. The highest BCUT2D eigenvalue weighted by molar-refractivity contribution is 9.10. The number of hydrogen-bond donors (Lipinski definition) is 6. The van der Waals surface area contributed by atoms with Gasteiger partial charge >= 0.3 is 0 Å². The van der Waals surface area contributed by atoms with Crippen LogP contribution in [0.5, 0.6) is 0 Å². The van der Waals surface area contributed by atoms with Gasteiger partial charge in [-0.15, -0.1) is 0 Å². The summed E-state index contributed by atoms with van der Waals surface area (Å²) in [6, 6.07) is 7.26. The molecule has 3 rings (SSSR count). The van der Waals surface area contributed by atoms with Crippen LogP contribution in [0.1, 0.15) is 5.56 Å². The number of aromatic nitrogens is 1. The lowest BCUT2D eigenvalue weighted by Crippen LogP contribution is -2.76. The van der Waals surface area contributed by atoms with Crippen molar-refractivity contribution in [1.29, 1.82) is 0 Å². The van der Waals surface area contributed by atoms with Gasteiger partial charge in [0.05, 0.1) is 6.61 Å². The summed E-state index contributed by atoms with van der Waals surface area (Å²) in [7, 11) is 0. The minimum atomic E-state index is -2.63. The van der Waals surface area contributed by atoms with E-state index in [0.717, 1.165) is 10.9 Å². The second-order valence-corrected chi connectivity index (χ2v) is 7.75. The minimum Gasteiger partial charge on any atom is -0.392 e. The number of rotatable bonds is 3. The van der Waals surface area contributed by atoms with E-state index >= 15 is 0 Å². The first-order valence-corrected chi connectivity index (χ1v) is 8.36. The molecule has 1 aliphatic rings. The Morgan fingerprint density at radius 2 is 1.92 bits per heavy atom. The summed E-state index contributed by atoms with van der Waals surface area (Å²) in [5, 5.41) is 49.5. The van der Waals surface area contributed by atoms with Gasteiger partial charge in [0, 0.05) is 23.5 Å². The van der Waals surface area contributed by atoms with Gasteiger partial charge in [0.15, 0.2) is 10.8 Å². The van der Waals surface area contributed by atoms with Crippen molar-refractivity contribution in [3.05, 3.63) is 36.0 Å². The molecule has 0 bridgehead atoms. The fourth-order valence-corrected chi connectivity index (χ4v) is 3.84. The maximum atomic E-state index is 11.0. The van der Waals surface area contributed by atoms with E-state index in [1.807, 2.05) is 12.1 Å². The second kappa shape index (κ2) is 5.93. The Bertz CT molecular complexity index is 754. The lowest BCUT2D eigenvalue weighted by atomic mass is 9.78. The molecule has 1 fully saturated rings. The van der Waals surface area contributed by atoms with Gasteiger partial charge in [-0.25, -0.2) is 0 Å². The summed E-state index contributed by atoms with van der Waals surface area (Å²) in [6.45, 7) is -0.854. The average Bonchev–Trinajstić information content (AvgIpc) is 2.95. The van der Waals surface area contributed by atoms with Gasteiger partial charge in [0.1, 0.15) is 11.7 Å². The standard InChI is InChI=1S/C15H17BrClNO6/c16-14(7-19)15(17,23)13(22,11(20)12(21)24-14)5-8-6-18-10-4-2-1-3-9(8)10/h1-4,6,11-12,18-23H,5,7H2/t11-,12-,13+,14+,15-/m0/s1. The zero-order valence-corrected chi connectivity index (χ0v) is 14.7. The summed E-state index contributed by atoms with van der Waals surface area (Å²) < 4.78 is 2.91. The van der Waals surface area contributed by atoms with Crippen LogP contribution in [-0.4, -0.2) is 64.7 Å². The van der Waals surface area contributed by atoms with Crippen LogP contribution < -0.4 is 0 Å². The highest BCUT2D eigenvalue weighted by atomic mass is 79.9. The molecule has 1 aromatic heterocycles. The first kappa shape index (κ1) is 18.1. The predicted octanol–water partition coefficient (Wildman–Crippen LogP) is 0.162. The van der Waals surface area contributed by atoms with Crippen molar-refractivity contribution in [1.82, 2.24) is 4.98 Å². The zero-order valence-electron chi connectivity index (χ0n) is 12.4. The molecule has 7 nitrogen and oxygen atoms in total. The lowest BCUT2D eigenvalue weighted by molar-refractivity contribution is -0.342. The fourth-order valence-electron chi connectivity index (χ4n) is 3.02. The van der Waals surface area contributed by atoms with Crippen LogP contribution in [0.2, 0.25) is 0 Å². The maximum Gasteiger partial charge on any atom is 0.212 e. The van der Waals surface area contributed by atoms with Gasteiger partial charge in [-0.1, -0.05) is 29.8 Å². The smallest absolute Gasteiger partial charge is 0.212 e. The van der Waals surface area contributed by atoms with E-state index in [-0.39, 0.29) is 6.42 Å². The molecule has 6 N–H and O–H groups in total. The molecule has 0 saturated carbocycles. The highest BCUT2D eigenvalue weighted by Gasteiger charge is 2.70. The topological polar surface area (TPSA) is 126 Å². The molecule has 1 aromatic carbocycles. The third-order valence-electron chi connectivity index (χ3n) is 4.47. The summed E-state index contributed by atoms with van der Waals surface area (Å²) in [5.74, 6) is 0. The van der Waals surface area contributed by atoms with Crippen LogP contribution in [-0.2, 0) is 11.2 Å². The van der Waals surface area contributed by atoms with Crippen molar-refractivity contribution in [2.24, 2.45) is 0 Å². The summed E-state index contributed by atoms with van der Waals surface area (Å²) >= 11 is 9.03. The number of aliphatic hydroxyl groups is 5. The van der Waals surface area contributed by atoms with E-state index in [1.54, 1.807) is 18.3 Å². The largest absolute Gasteiger partial charge is 0.392 e. The number of benzene rings is 1. The molecule has 24 heavy (non-hydrogen) atoms. The molecular formula is C15H17BrClNO6. The molecule has 0 aliphatic carbocycles. The van der Waals surface area contributed by atoms with Gasteiger partial charge in [-0.05, 0) is 27.6 Å². The van der Waals surface area contributed by atoms with Crippen molar-refractivity contribution >= 4 is 38.4 Å². The molecule has 2 aromatic rings. The molecule has 2 heterocycles. The van der Waals surface area contributed by atoms with Crippen molar-refractivity contribution < 1.29 is 30.3 Å². The van der Waals surface area contributed by atoms with E-state index in [0.29, 0.717) is 5.56 Å². The molecule has 0 radical (unpaired) electrons. The van der Waals surface area contributed by atoms with Gasteiger partial charge in [-0.2, -0.15) is 0 Å². The van der Waals surface area contributed by atoms with Crippen LogP contribution in [0.3, 0.4) is 0 Å². The van der Waals surface area contributed by atoms with Crippen molar-refractivity contribution in [3.8, 4) is 0 Å². The Morgan fingerprint density at radius 3 is 2.58 bits per heavy atom. The van der Waals surface area contributed by atoms with E-state index in [1.165, 1.54) is 0 Å². The van der Waals surface area contributed by atoms with Crippen molar-refractivity contribution in [3.63, 3.8) is 0 Å². The van der Waals surface area contributed by atoms with E-state index < -0.39 is 34.2 Å². The molecule has 9 heteroatoms. The Hall–Kier alpha value is -0.710. The SMILES string of the molecule is OC[C@@]1(Br)O[C@H](O)[C@H](O)[C@](O)(Cc2c[nH]c3ccccc23)[C@@]1(O)Cl. The average molecular weight is 423 g/mol. The van der Waals surface area contributed by atoms with Gasteiger partial charge in [0.2, 0.25) is 5.06 Å². The Morgan fingerprint density at radius 1 is 1.25 bits per heavy atom. The van der Waals surface area contributed by atoms with Crippen LogP contribution in [0.4, 0.5) is 0 Å². The molecule has 5 atom stereocenters. The number of H-pyrrole nitrogens is 1. The van der Waals surface area contributed by atoms with Crippen molar-refractivity contribution in [2.45, 2.75) is 34.0 Å². The molecular weight excluding hydrogens is 406 g/mol. The van der Waals surface area contributed by atoms with E-state index in [4.69, 9.17) is 16.3 Å². The van der Waals surface area contributed by atoms with Crippen LogP contribution in [0.25, 0.3) is 10.9 Å². The van der Waals surface area contributed by atoms with Gasteiger partial charge < -0.3 is 35.3 Å². The molecule has 0 unspecified atom stereocenters. The first-order valence-electron chi connectivity index (χ1n) is 7.18. The number of hydrogen-bond acceptors (Lipinski definition) is 6. The zero-order chi connectivity index (χ0) is 17.8. The summed E-state index contributed by atoms with van der Waals surface area (Å²) in [4.78, 5) is 3.01. The van der Waals surface area contributed by atoms with Gasteiger partial charge in [-0.3, -0.25) is 0 Å². The van der Waals surface area contributed by atoms with Crippen LogP contribution in [0.15, 0.2) is 30.5 Å². The molecule has 0 amide bonds. The van der Waals surface area contributed by atoms with Crippen LogP contribution in [0, 0.1) is 0 Å². The normalized spacial score (nSPS) is 40.1. The number of nitrogens with one attached hydrogen (secondary N) is 1. The number of aliphatic hydroxyl groups excluding tert-OH is 3. The monoisotopic (exact) mass is 421 g/mol. The Kier molecular flexibility index (Phi) is 4.47. The number of alkyl halides is 2. The Balaban J connectivity index is 2.08. The maximum absolute atomic E-state index is 11.0. The third kappa shape index (κ3) is 2.41. The van der Waals surface area contributed by atoms with Crippen molar-refractivity contribution in [2.75, 3.05) is 6.61 Å². The fraction of sp³-hybridized carbons (Fsp3) is 0.467.